The van der Waals surface area contributed by atoms with Gasteiger partial charge in [-0.2, -0.15) is 0 Å². The Balaban J connectivity index is 2.14. The van der Waals surface area contributed by atoms with Crippen molar-refractivity contribution in [2.24, 2.45) is 5.92 Å². The molecule has 1 aromatic carbocycles. The van der Waals surface area contributed by atoms with E-state index in [1.807, 2.05) is 13.0 Å². The minimum absolute atomic E-state index is 0.109. The predicted octanol–water partition coefficient (Wildman–Crippen LogP) is 2.45. The smallest absolute Gasteiger partial charge is 0.220 e. The largest absolute Gasteiger partial charge is 0.396 e. The molecule has 0 aliphatic heterocycles. The molecule has 19 heavy (non-hydrogen) atoms. The second-order valence-electron chi connectivity index (χ2n) is 5.27. The molecule has 3 nitrogen and oxygen atoms in total. The maximum absolute atomic E-state index is 11.7. The maximum Gasteiger partial charge on any atom is 0.220 e. The Hall–Kier alpha value is -1.35. The van der Waals surface area contributed by atoms with Crippen LogP contribution in [0.4, 0.5) is 0 Å². The van der Waals surface area contributed by atoms with E-state index in [0.717, 1.165) is 19.3 Å². The van der Waals surface area contributed by atoms with E-state index >= 15 is 0 Å². The van der Waals surface area contributed by atoms with Gasteiger partial charge in [0.25, 0.3) is 0 Å². The quantitative estimate of drug-likeness (QED) is 0.708. The summed E-state index contributed by atoms with van der Waals surface area (Å²) in [5, 5.41) is 11.8. The molecule has 3 heteroatoms. The highest BCUT2D eigenvalue weighted by Crippen LogP contribution is 2.06. The molecule has 0 fully saturated rings. The number of hydrogen-bond acceptors (Lipinski definition) is 2. The normalized spacial score (nSPS) is 12.2. The molecule has 0 saturated carbocycles. The average Bonchev–Trinajstić information content (AvgIpc) is 2.41. The third-order valence-electron chi connectivity index (χ3n) is 3.23. The van der Waals surface area contributed by atoms with E-state index in [4.69, 9.17) is 5.11 Å². The van der Waals surface area contributed by atoms with E-state index in [9.17, 15) is 4.79 Å². The molecule has 1 atom stereocenters. The molecular formula is C16H25NO2. The number of nitrogens with one attached hydrogen (secondary N) is 1. The number of aryl methyl sites for hydroxylation is 2. The molecule has 0 aliphatic carbocycles. The summed E-state index contributed by atoms with van der Waals surface area (Å²) in [6.07, 6.45) is 3.21. The highest BCUT2D eigenvalue weighted by atomic mass is 16.3. The molecule has 1 amide bonds. The highest BCUT2D eigenvalue weighted by Gasteiger charge is 2.03. The van der Waals surface area contributed by atoms with Crippen LogP contribution in [-0.4, -0.2) is 24.2 Å². The summed E-state index contributed by atoms with van der Waals surface area (Å²) < 4.78 is 0. The van der Waals surface area contributed by atoms with Gasteiger partial charge in [-0.15, -0.1) is 0 Å². The molecule has 0 saturated heterocycles. The minimum Gasteiger partial charge on any atom is -0.396 e. The van der Waals surface area contributed by atoms with Crippen molar-refractivity contribution in [2.75, 3.05) is 13.2 Å². The monoisotopic (exact) mass is 263 g/mol. The van der Waals surface area contributed by atoms with Crippen LogP contribution in [0.25, 0.3) is 0 Å². The van der Waals surface area contributed by atoms with Crippen molar-refractivity contribution in [1.82, 2.24) is 5.32 Å². The van der Waals surface area contributed by atoms with Gasteiger partial charge in [0, 0.05) is 19.6 Å². The summed E-state index contributed by atoms with van der Waals surface area (Å²) in [5.41, 5.74) is 2.44. The fourth-order valence-corrected chi connectivity index (χ4v) is 1.98. The molecule has 1 rings (SSSR count). The third-order valence-corrected chi connectivity index (χ3v) is 3.23. The molecule has 2 N–H and O–H groups in total. The number of aliphatic hydroxyl groups excluding tert-OH is 1. The number of aliphatic hydroxyl groups is 1. The van der Waals surface area contributed by atoms with Crippen molar-refractivity contribution >= 4 is 5.91 Å². The van der Waals surface area contributed by atoms with Gasteiger partial charge >= 0.3 is 0 Å². The lowest BCUT2D eigenvalue weighted by Crippen LogP contribution is -2.25. The van der Waals surface area contributed by atoms with Gasteiger partial charge in [-0.3, -0.25) is 4.79 Å². The second kappa shape index (κ2) is 8.70. The van der Waals surface area contributed by atoms with Crippen LogP contribution >= 0.6 is 0 Å². The number of amides is 1. The zero-order valence-corrected chi connectivity index (χ0v) is 12.0. The van der Waals surface area contributed by atoms with Crippen molar-refractivity contribution in [2.45, 2.75) is 39.5 Å². The van der Waals surface area contributed by atoms with Gasteiger partial charge in [0.1, 0.15) is 0 Å². The van der Waals surface area contributed by atoms with Gasteiger partial charge in [0.2, 0.25) is 5.91 Å². The predicted molar refractivity (Wildman–Crippen MR) is 78.0 cm³/mol. The van der Waals surface area contributed by atoms with Crippen LogP contribution in [0.5, 0.6) is 0 Å². The topological polar surface area (TPSA) is 49.3 Å². The summed E-state index contributed by atoms with van der Waals surface area (Å²) in [6, 6.07) is 8.27. The molecule has 1 aromatic rings. The molecule has 0 aromatic heterocycles. The van der Waals surface area contributed by atoms with E-state index in [2.05, 4.69) is 30.4 Å². The van der Waals surface area contributed by atoms with Gasteiger partial charge in [-0.1, -0.05) is 36.8 Å². The standard InChI is InChI=1S/C16H25NO2/c1-13-5-3-7-15(11-13)8-9-16(19)17-10-4-6-14(2)12-18/h3,5,7,11,14,18H,4,6,8-10,12H2,1-2H3,(H,17,19). The molecule has 0 radical (unpaired) electrons. The molecule has 0 heterocycles. The second-order valence-corrected chi connectivity index (χ2v) is 5.27. The Morgan fingerprint density at radius 1 is 1.42 bits per heavy atom. The average molecular weight is 263 g/mol. The van der Waals surface area contributed by atoms with E-state index in [1.165, 1.54) is 11.1 Å². The molecule has 0 aliphatic rings. The van der Waals surface area contributed by atoms with Crippen LogP contribution in [0.3, 0.4) is 0 Å². The van der Waals surface area contributed by atoms with Crippen molar-refractivity contribution in [3.05, 3.63) is 35.4 Å². The summed E-state index contributed by atoms with van der Waals surface area (Å²) in [5.74, 6) is 0.433. The molecule has 1 unspecified atom stereocenters. The molecular weight excluding hydrogens is 238 g/mol. The summed E-state index contributed by atoms with van der Waals surface area (Å²) in [6.45, 7) is 5.00. The van der Waals surface area contributed by atoms with Crippen LogP contribution in [-0.2, 0) is 11.2 Å². The van der Waals surface area contributed by atoms with E-state index in [-0.39, 0.29) is 12.5 Å². The Bertz CT molecular complexity index is 390. The van der Waals surface area contributed by atoms with Gasteiger partial charge in [-0.05, 0) is 37.7 Å². The van der Waals surface area contributed by atoms with Crippen molar-refractivity contribution in [3.8, 4) is 0 Å². The first-order valence-electron chi connectivity index (χ1n) is 7.05. The number of rotatable bonds is 8. The zero-order valence-electron chi connectivity index (χ0n) is 12.0. The fourth-order valence-electron chi connectivity index (χ4n) is 1.98. The van der Waals surface area contributed by atoms with Crippen molar-refractivity contribution < 1.29 is 9.90 Å². The highest BCUT2D eigenvalue weighted by molar-refractivity contribution is 5.76. The van der Waals surface area contributed by atoms with Gasteiger partial charge in [0.15, 0.2) is 0 Å². The lowest BCUT2D eigenvalue weighted by Gasteiger charge is -2.08. The Kier molecular flexibility index (Phi) is 7.19. The first-order valence-corrected chi connectivity index (χ1v) is 7.05. The van der Waals surface area contributed by atoms with E-state index in [0.29, 0.717) is 18.9 Å². The first kappa shape index (κ1) is 15.7. The lowest BCUT2D eigenvalue weighted by molar-refractivity contribution is -0.121. The Labute approximate surface area is 116 Å². The van der Waals surface area contributed by atoms with Crippen LogP contribution in [0.2, 0.25) is 0 Å². The van der Waals surface area contributed by atoms with Crippen LogP contribution in [0, 0.1) is 12.8 Å². The van der Waals surface area contributed by atoms with Crippen LogP contribution < -0.4 is 5.32 Å². The van der Waals surface area contributed by atoms with Crippen molar-refractivity contribution in [1.29, 1.82) is 0 Å². The number of benzene rings is 1. The van der Waals surface area contributed by atoms with Gasteiger partial charge in [0.05, 0.1) is 0 Å². The van der Waals surface area contributed by atoms with Crippen LogP contribution in [0.15, 0.2) is 24.3 Å². The number of hydrogen-bond donors (Lipinski definition) is 2. The maximum atomic E-state index is 11.7. The lowest BCUT2D eigenvalue weighted by atomic mass is 10.1. The Morgan fingerprint density at radius 3 is 2.89 bits per heavy atom. The number of carbonyl (C=O) groups excluding carboxylic acids is 1. The summed E-state index contributed by atoms with van der Waals surface area (Å²) in [7, 11) is 0. The summed E-state index contributed by atoms with van der Waals surface area (Å²) >= 11 is 0. The van der Waals surface area contributed by atoms with Gasteiger partial charge < -0.3 is 10.4 Å². The van der Waals surface area contributed by atoms with Crippen LogP contribution in [0.1, 0.15) is 37.3 Å². The summed E-state index contributed by atoms with van der Waals surface area (Å²) in [4.78, 5) is 11.7. The molecule has 106 valence electrons. The van der Waals surface area contributed by atoms with Crippen molar-refractivity contribution in [3.63, 3.8) is 0 Å². The fraction of sp³-hybridized carbons (Fsp3) is 0.562. The number of carbonyl (C=O) groups is 1. The first-order chi connectivity index (χ1) is 9.11. The minimum atomic E-state index is 0.109. The van der Waals surface area contributed by atoms with E-state index in [1.54, 1.807) is 0 Å². The third kappa shape index (κ3) is 6.97. The van der Waals surface area contributed by atoms with E-state index < -0.39 is 0 Å². The van der Waals surface area contributed by atoms with Gasteiger partial charge in [-0.25, -0.2) is 0 Å². The molecule has 0 bridgehead atoms. The zero-order chi connectivity index (χ0) is 14.1. The SMILES string of the molecule is Cc1cccc(CCC(=O)NCCCC(C)CO)c1. The molecule has 0 spiro atoms. The Morgan fingerprint density at radius 2 is 2.21 bits per heavy atom.